The Bertz CT molecular complexity index is 157. The van der Waals surface area contributed by atoms with Gasteiger partial charge in [-0.05, 0) is 23.2 Å². The molecule has 0 spiro atoms. The van der Waals surface area contributed by atoms with Crippen LogP contribution >= 0.6 is 0 Å². The molecule has 1 fully saturated rings. The van der Waals surface area contributed by atoms with Gasteiger partial charge >= 0.3 is 20.1 Å². The Balaban J connectivity index is -0.0000000724. The fraction of sp³-hybridized carbons (Fsp3) is 0.800. The number of carbonyl (C=O) groups excluding carboxylic acids is 2. The van der Waals surface area contributed by atoms with Crippen LogP contribution in [0.15, 0.2) is 0 Å². The molecule has 0 saturated heterocycles. The average molecular weight is 452 g/mol. The van der Waals surface area contributed by atoms with Crippen molar-refractivity contribution in [2.45, 2.75) is 47.5 Å². The Morgan fingerprint density at radius 2 is 1.11 bits per heavy atom. The summed E-state index contributed by atoms with van der Waals surface area (Å²) in [6, 6.07) is 0. The SMILES string of the molecule is CCC1C(CC)C1C(C)(C)C.CO.[CH-]=O.[CH-]=O.[CH3-].[Ir+3]. The minimum absolute atomic E-state index is 0. The van der Waals surface area contributed by atoms with Crippen LogP contribution in [0.3, 0.4) is 0 Å². The number of hydrogen-bond donors (Lipinski definition) is 1. The molecule has 0 aliphatic heterocycles. The van der Waals surface area contributed by atoms with E-state index in [1.165, 1.54) is 12.8 Å². The molecule has 1 rings (SSSR count). The Morgan fingerprint density at radius 3 is 1.16 bits per heavy atom. The maximum absolute atomic E-state index is 7.75. The van der Waals surface area contributed by atoms with Gasteiger partial charge in [-0.1, -0.05) is 47.5 Å². The topological polar surface area (TPSA) is 54.4 Å². The van der Waals surface area contributed by atoms with Gasteiger partial charge in [-0.25, -0.2) is 0 Å². The van der Waals surface area contributed by atoms with E-state index < -0.39 is 0 Å². The zero-order valence-corrected chi connectivity index (χ0v) is 15.8. The van der Waals surface area contributed by atoms with Crippen LogP contribution in [-0.2, 0) is 29.7 Å². The van der Waals surface area contributed by atoms with Crippen LogP contribution < -0.4 is 0 Å². The largest absolute Gasteiger partial charge is 3.00 e. The van der Waals surface area contributed by atoms with E-state index in [2.05, 4.69) is 48.2 Å². The summed E-state index contributed by atoms with van der Waals surface area (Å²) >= 11 is 0. The van der Waals surface area contributed by atoms with E-state index in [9.17, 15) is 0 Å². The molecule has 1 N–H and O–H groups in total. The van der Waals surface area contributed by atoms with Crippen molar-refractivity contribution in [3.8, 4) is 0 Å². The van der Waals surface area contributed by atoms with Crippen molar-refractivity contribution in [1.82, 2.24) is 0 Å². The molecule has 0 heterocycles. The first kappa shape index (κ1) is 31.4. The van der Waals surface area contributed by atoms with Crippen molar-refractivity contribution in [3.63, 3.8) is 0 Å². The van der Waals surface area contributed by atoms with Gasteiger partial charge in [0.05, 0.1) is 0 Å². The smallest absolute Gasteiger partial charge is 0.545 e. The van der Waals surface area contributed by atoms with Crippen LogP contribution in [0.2, 0.25) is 0 Å². The minimum Gasteiger partial charge on any atom is -0.545 e. The van der Waals surface area contributed by atoms with E-state index >= 15 is 0 Å². The Morgan fingerprint density at radius 1 is 0.895 bits per heavy atom. The van der Waals surface area contributed by atoms with E-state index in [-0.39, 0.29) is 27.5 Å². The summed E-state index contributed by atoms with van der Waals surface area (Å²) in [5, 5.41) is 7.00. The first-order valence-electron chi connectivity index (χ1n) is 5.94. The summed E-state index contributed by atoms with van der Waals surface area (Å²) in [5.74, 6) is 3.09. The minimum atomic E-state index is 0. The van der Waals surface area contributed by atoms with Gasteiger partial charge in [0.15, 0.2) is 0 Å². The third-order valence-corrected chi connectivity index (χ3v) is 3.27. The molecule has 2 unspecified atom stereocenters. The second-order valence-electron chi connectivity index (χ2n) is 5.04. The zero-order chi connectivity index (χ0) is 14.6. The van der Waals surface area contributed by atoms with Crippen molar-refractivity contribution in [2.24, 2.45) is 23.2 Å². The van der Waals surface area contributed by atoms with Crippen LogP contribution in [-0.4, -0.2) is 25.8 Å². The van der Waals surface area contributed by atoms with Crippen molar-refractivity contribution in [2.75, 3.05) is 7.11 Å². The van der Waals surface area contributed by atoms with Crippen molar-refractivity contribution < 1.29 is 34.8 Å². The summed E-state index contributed by atoms with van der Waals surface area (Å²) in [4.78, 5) is 15.5. The van der Waals surface area contributed by atoms with E-state index in [1.807, 2.05) is 0 Å². The summed E-state index contributed by atoms with van der Waals surface area (Å²) in [6.07, 6.45) is 2.78. The fourth-order valence-corrected chi connectivity index (χ4v) is 2.84. The molecule has 0 amide bonds. The monoisotopic (exact) mass is 452 g/mol. The maximum Gasteiger partial charge on any atom is 3.00 e. The third kappa shape index (κ3) is 11.5. The van der Waals surface area contributed by atoms with Crippen LogP contribution in [0.1, 0.15) is 47.5 Å². The summed E-state index contributed by atoms with van der Waals surface area (Å²) in [6.45, 7) is 18.3. The number of hydrogen-bond acceptors (Lipinski definition) is 3. The first-order chi connectivity index (χ1) is 8.02. The molecule has 2 atom stereocenters. The molecule has 0 aromatic heterocycles. The van der Waals surface area contributed by atoms with Crippen LogP contribution in [0.4, 0.5) is 0 Å². The molecule has 1 aliphatic carbocycles. The van der Waals surface area contributed by atoms with Gasteiger partial charge in [-0.15, -0.1) is 0 Å². The quantitative estimate of drug-likeness (QED) is 0.518. The summed E-state index contributed by atoms with van der Waals surface area (Å²) < 4.78 is 0. The second-order valence-corrected chi connectivity index (χ2v) is 5.04. The Labute approximate surface area is 133 Å². The van der Waals surface area contributed by atoms with Crippen molar-refractivity contribution in [1.29, 1.82) is 0 Å². The Hall–Kier alpha value is -0.0506. The van der Waals surface area contributed by atoms with Crippen molar-refractivity contribution >= 4 is 13.6 Å². The van der Waals surface area contributed by atoms with Gasteiger partial charge in [0.25, 0.3) is 0 Å². The van der Waals surface area contributed by atoms with Crippen LogP contribution in [0, 0.1) is 30.6 Å². The van der Waals surface area contributed by atoms with Crippen molar-refractivity contribution in [3.05, 3.63) is 7.43 Å². The van der Waals surface area contributed by atoms with Crippen LogP contribution in [0.5, 0.6) is 0 Å². The molecule has 0 bridgehead atoms. The van der Waals surface area contributed by atoms with Gasteiger partial charge in [-0.3, -0.25) is 13.6 Å². The molecule has 3 nitrogen and oxygen atoms in total. The predicted octanol–water partition coefficient (Wildman–Crippen LogP) is 3.22. The molecule has 0 aromatic rings. The molecule has 0 aromatic carbocycles. The van der Waals surface area contributed by atoms with E-state index in [0.29, 0.717) is 5.41 Å². The fourth-order valence-electron chi connectivity index (χ4n) is 2.84. The van der Waals surface area contributed by atoms with Gasteiger partial charge < -0.3 is 22.1 Å². The number of aliphatic hydroxyl groups is 1. The molecule has 4 heteroatoms. The van der Waals surface area contributed by atoms with E-state index in [0.717, 1.165) is 24.9 Å². The predicted molar refractivity (Wildman–Crippen MR) is 78.6 cm³/mol. The third-order valence-electron chi connectivity index (χ3n) is 3.27. The molecule has 1 aliphatic rings. The standard InChI is InChI=1S/C11H22.CH4O.2CHO.CH3.Ir/c1-6-8-9(7-2)10(8)11(3,4)5;3*1-2;;/h8-10H,6-7H2,1-5H3;2H,1H3;2*1H;1H3;/q;;3*-1;+3. The van der Waals surface area contributed by atoms with E-state index in [4.69, 9.17) is 14.7 Å². The first-order valence-corrected chi connectivity index (χ1v) is 5.94. The molecule has 0 radical (unpaired) electrons. The molecule has 1 saturated carbocycles. The second kappa shape index (κ2) is 17.9. The van der Waals surface area contributed by atoms with E-state index in [1.54, 1.807) is 0 Å². The number of aliphatic hydroxyl groups excluding tert-OH is 1. The normalized spacial score (nSPS) is 22.4. The summed E-state index contributed by atoms with van der Waals surface area (Å²) in [5.41, 5.74) is 0.557. The summed E-state index contributed by atoms with van der Waals surface area (Å²) in [7, 11) is 1.00. The molecule has 118 valence electrons. The number of rotatable bonds is 2. The molecular formula is C15H31IrO3. The Kier molecular flexibility index (Phi) is 29.6. The van der Waals surface area contributed by atoms with Gasteiger partial charge in [0, 0.05) is 7.11 Å². The molecular weight excluding hydrogens is 420 g/mol. The maximum atomic E-state index is 7.75. The average Bonchev–Trinajstić information content (AvgIpc) is 3.10. The molecule has 19 heavy (non-hydrogen) atoms. The van der Waals surface area contributed by atoms with Gasteiger partial charge in [0.2, 0.25) is 0 Å². The van der Waals surface area contributed by atoms with Gasteiger partial charge in [0.1, 0.15) is 0 Å². The van der Waals surface area contributed by atoms with Crippen LogP contribution in [0.25, 0.3) is 0 Å². The zero-order valence-electron chi connectivity index (χ0n) is 13.4. The van der Waals surface area contributed by atoms with Gasteiger partial charge in [-0.2, -0.15) is 0 Å².